The zero-order valence-corrected chi connectivity index (χ0v) is 18.8. The summed E-state index contributed by atoms with van der Waals surface area (Å²) in [5.41, 5.74) is 0.943. The summed E-state index contributed by atoms with van der Waals surface area (Å²) in [7, 11) is 0. The molecule has 0 aliphatic carbocycles. The van der Waals surface area contributed by atoms with Gasteiger partial charge in [0.15, 0.2) is 6.61 Å². The van der Waals surface area contributed by atoms with Crippen LogP contribution in [0.25, 0.3) is 11.0 Å². The van der Waals surface area contributed by atoms with Gasteiger partial charge in [0.05, 0.1) is 22.4 Å². The number of fused-ring (bicyclic) bond motifs is 2. The Balaban J connectivity index is 1.52. The number of nitrogens with zero attached hydrogens (tertiary/aromatic N) is 3. The Labute approximate surface area is 190 Å². The van der Waals surface area contributed by atoms with Crippen LogP contribution in [0.4, 0.5) is 11.4 Å². The van der Waals surface area contributed by atoms with Gasteiger partial charge in [0.2, 0.25) is 5.91 Å². The van der Waals surface area contributed by atoms with Crippen molar-refractivity contribution in [2.75, 3.05) is 16.8 Å². The SMILES string of the molecule is CCCn1c(=O)n(CC(=O)OCC(=O)N2c3ccccc3NC(=O)C2(C)C)c2ccccc21. The Bertz CT molecular complexity index is 1300. The van der Waals surface area contributed by atoms with Crippen LogP contribution in [0.2, 0.25) is 0 Å². The minimum atomic E-state index is -1.16. The first-order valence-corrected chi connectivity index (χ1v) is 10.8. The van der Waals surface area contributed by atoms with E-state index >= 15 is 0 Å². The highest BCUT2D eigenvalue weighted by molar-refractivity contribution is 6.14. The molecule has 0 atom stereocenters. The lowest BCUT2D eigenvalue weighted by molar-refractivity contribution is -0.148. The van der Waals surface area contributed by atoms with Crippen molar-refractivity contribution in [3.8, 4) is 0 Å². The first kappa shape index (κ1) is 22.3. The number of anilines is 2. The summed E-state index contributed by atoms with van der Waals surface area (Å²) < 4.78 is 8.22. The van der Waals surface area contributed by atoms with E-state index in [-0.39, 0.29) is 18.1 Å². The van der Waals surface area contributed by atoms with E-state index in [0.717, 1.165) is 11.9 Å². The molecule has 2 aromatic carbocycles. The number of ether oxygens (including phenoxy) is 1. The van der Waals surface area contributed by atoms with Gasteiger partial charge in [0.1, 0.15) is 12.1 Å². The molecule has 0 spiro atoms. The maximum Gasteiger partial charge on any atom is 0.329 e. The fourth-order valence-electron chi connectivity index (χ4n) is 4.14. The normalized spacial score (nSPS) is 14.6. The molecule has 0 saturated heterocycles. The standard InChI is InChI=1S/C24H26N4O5/c1-4-13-26-18-11-7-8-12-19(18)27(23(26)32)14-21(30)33-15-20(29)28-17-10-6-5-9-16(17)25-22(31)24(28,2)3/h5-12H,4,13-15H2,1-3H3,(H,25,31). The van der Waals surface area contributed by atoms with Gasteiger partial charge < -0.3 is 10.1 Å². The van der Waals surface area contributed by atoms with Crippen LogP contribution in [0.3, 0.4) is 0 Å². The lowest BCUT2D eigenvalue weighted by Gasteiger charge is -2.41. The Hall–Kier alpha value is -3.88. The number of carbonyl (C=O) groups excluding carboxylic acids is 3. The molecule has 9 nitrogen and oxygen atoms in total. The van der Waals surface area contributed by atoms with Crippen molar-refractivity contribution in [2.45, 2.75) is 45.8 Å². The van der Waals surface area contributed by atoms with Crippen LogP contribution >= 0.6 is 0 Å². The average Bonchev–Trinajstić information content (AvgIpc) is 3.04. The number of hydrogen-bond donors (Lipinski definition) is 1. The second kappa shape index (κ2) is 8.57. The number of imidazole rings is 1. The van der Waals surface area contributed by atoms with Crippen molar-refractivity contribution in [2.24, 2.45) is 0 Å². The predicted octanol–water partition coefficient (Wildman–Crippen LogP) is 2.52. The van der Waals surface area contributed by atoms with Crippen LogP contribution in [0, 0.1) is 0 Å². The number of carbonyl (C=O) groups is 3. The molecule has 1 aromatic heterocycles. The van der Waals surface area contributed by atoms with Gasteiger partial charge in [-0.2, -0.15) is 0 Å². The van der Waals surface area contributed by atoms with E-state index in [1.807, 2.05) is 19.1 Å². The fraction of sp³-hybridized carbons (Fsp3) is 0.333. The van der Waals surface area contributed by atoms with E-state index in [2.05, 4.69) is 5.32 Å². The number of rotatable bonds is 6. The quantitative estimate of drug-likeness (QED) is 0.582. The molecule has 1 aliphatic rings. The molecule has 0 unspecified atom stereocenters. The number of benzene rings is 2. The van der Waals surface area contributed by atoms with Gasteiger partial charge in [-0.25, -0.2) is 4.79 Å². The minimum Gasteiger partial charge on any atom is -0.454 e. The van der Waals surface area contributed by atoms with Crippen molar-refractivity contribution in [1.82, 2.24) is 9.13 Å². The summed E-state index contributed by atoms with van der Waals surface area (Å²) >= 11 is 0. The van der Waals surface area contributed by atoms with Crippen molar-refractivity contribution in [1.29, 1.82) is 0 Å². The van der Waals surface area contributed by atoms with Gasteiger partial charge in [0, 0.05) is 6.54 Å². The van der Waals surface area contributed by atoms with Gasteiger partial charge in [-0.1, -0.05) is 31.2 Å². The summed E-state index contributed by atoms with van der Waals surface area (Å²) in [5, 5.41) is 2.79. The van der Waals surface area contributed by atoms with Gasteiger partial charge in [0.25, 0.3) is 5.91 Å². The van der Waals surface area contributed by atoms with Crippen LogP contribution in [-0.4, -0.2) is 39.1 Å². The first-order chi connectivity index (χ1) is 15.8. The topological polar surface area (TPSA) is 103 Å². The number of aryl methyl sites for hydroxylation is 1. The Kier molecular flexibility index (Phi) is 5.80. The van der Waals surface area contributed by atoms with Crippen molar-refractivity contribution < 1.29 is 19.1 Å². The minimum absolute atomic E-state index is 0.302. The molecule has 0 saturated carbocycles. The summed E-state index contributed by atoms with van der Waals surface area (Å²) in [6.07, 6.45) is 0.771. The Morgan fingerprint density at radius 2 is 1.61 bits per heavy atom. The molecular weight excluding hydrogens is 424 g/mol. The van der Waals surface area contributed by atoms with Crippen LogP contribution in [0.5, 0.6) is 0 Å². The number of hydrogen-bond acceptors (Lipinski definition) is 5. The predicted molar refractivity (Wildman–Crippen MR) is 124 cm³/mol. The van der Waals surface area contributed by atoms with E-state index in [9.17, 15) is 19.2 Å². The number of esters is 1. The molecule has 3 aromatic rings. The number of nitrogens with one attached hydrogen (secondary N) is 1. The summed E-state index contributed by atoms with van der Waals surface area (Å²) in [4.78, 5) is 52.4. The van der Waals surface area contributed by atoms with Crippen molar-refractivity contribution in [3.05, 3.63) is 59.0 Å². The number of aromatic nitrogens is 2. The largest absolute Gasteiger partial charge is 0.454 e. The second-order valence-electron chi connectivity index (χ2n) is 8.43. The maximum atomic E-state index is 13.0. The van der Waals surface area contributed by atoms with E-state index in [4.69, 9.17) is 4.74 Å². The van der Waals surface area contributed by atoms with E-state index in [1.54, 1.807) is 54.8 Å². The Morgan fingerprint density at radius 3 is 2.30 bits per heavy atom. The fourth-order valence-corrected chi connectivity index (χ4v) is 4.14. The third-order valence-electron chi connectivity index (χ3n) is 5.77. The first-order valence-electron chi connectivity index (χ1n) is 10.8. The average molecular weight is 450 g/mol. The van der Waals surface area contributed by atoms with Gasteiger partial charge >= 0.3 is 11.7 Å². The highest BCUT2D eigenvalue weighted by Crippen LogP contribution is 2.36. The summed E-state index contributed by atoms with van der Waals surface area (Å²) in [5.74, 6) is -1.58. The molecule has 1 aliphatic heterocycles. The van der Waals surface area contributed by atoms with E-state index in [1.165, 1.54) is 9.47 Å². The second-order valence-corrected chi connectivity index (χ2v) is 8.43. The van der Waals surface area contributed by atoms with Crippen molar-refractivity contribution >= 4 is 40.2 Å². The molecule has 33 heavy (non-hydrogen) atoms. The summed E-state index contributed by atoms with van der Waals surface area (Å²) in [6, 6.07) is 14.2. The van der Waals surface area contributed by atoms with Gasteiger partial charge in [-0.3, -0.25) is 28.4 Å². The molecule has 0 bridgehead atoms. The molecule has 2 heterocycles. The monoisotopic (exact) mass is 450 g/mol. The summed E-state index contributed by atoms with van der Waals surface area (Å²) in [6.45, 7) is 4.89. The zero-order valence-electron chi connectivity index (χ0n) is 18.8. The highest BCUT2D eigenvalue weighted by atomic mass is 16.5. The number of amides is 2. The van der Waals surface area contributed by atoms with Gasteiger partial charge in [-0.15, -0.1) is 0 Å². The van der Waals surface area contributed by atoms with Crippen molar-refractivity contribution in [3.63, 3.8) is 0 Å². The molecule has 4 rings (SSSR count). The smallest absolute Gasteiger partial charge is 0.329 e. The molecule has 1 N–H and O–H groups in total. The molecule has 172 valence electrons. The lowest BCUT2D eigenvalue weighted by atomic mass is 9.96. The third kappa shape index (κ3) is 3.90. The molecule has 0 radical (unpaired) electrons. The van der Waals surface area contributed by atoms with Gasteiger partial charge in [-0.05, 0) is 44.5 Å². The number of para-hydroxylation sites is 4. The van der Waals surface area contributed by atoms with E-state index in [0.29, 0.717) is 23.4 Å². The molecule has 2 amide bonds. The Morgan fingerprint density at radius 1 is 0.970 bits per heavy atom. The zero-order chi connectivity index (χ0) is 23.8. The third-order valence-corrected chi connectivity index (χ3v) is 5.77. The van der Waals surface area contributed by atoms with Crippen LogP contribution in [0.15, 0.2) is 53.3 Å². The van der Waals surface area contributed by atoms with Crippen LogP contribution in [-0.2, 0) is 32.2 Å². The molecule has 9 heteroatoms. The molecule has 0 fully saturated rings. The molecular formula is C24H26N4O5. The van der Waals surface area contributed by atoms with Crippen LogP contribution < -0.4 is 15.9 Å². The lowest BCUT2D eigenvalue weighted by Crippen LogP contribution is -2.59. The van der Waals surface area contributed by atoms with Crippen LogP contribution in [0.1, 0.15) is 27.2 Å². The van der Waals surface area contributed by atoms with E-state index < -0.39 is 24.0 Å². The highest BCUT2D eigenvalue weighted by Gasteiger charge is 2.43. The maximum absolute atomic E-state index is 13.0.